The molecule has 1 heterocycles. The van der Waals surface area contributed by atoms with E-state index in [0.717, 1.165) is 16.2 Å². The maximum Gasteiger partial charge on any atom is 0.280 e. The summed E-state index contributed by atoms with van der Waals surface area (Å²) in [4.78, 5) is 13.0. The molecule has 0 aliphatic heterocycles. The Morgan fingerprint density at radius 3 is 2.82 bits per heavy atom. The van der Waals surface area contributed by atoms with Gasteiger partial charge in [0.1, 0.15) is 5.75 Å². The quantitative estimate of drug-likeness (QED) is 0.662. The summed E-state index contributed by atoms with van der Waals surface area (Å²) in [5.41, 5.74) is 4.17. The fraction of sp³-hybridized carbons (Fsp3) is 0.250. The van der Waals surface area contributed by atoms with Gasteiger partial charge in [0.25, 0.3) is 5.91 Å². The molecule has 6 heteroatoms. The highest BCUT2D eigenvalue weighted by molar-refractivity contribution is 7.12. The molecule has 1 aromatic heterocycles. The van der Waals surface area contributed by atoms with E-state index in [0.29, 0.717) is 10.8 Å². The molecule has 1 aromatic carbocycles. The van der Waals surface area contributed by atoms with E-state index in [1.54, 1.807) is 36.5 Å². The molecule has 22 heavy (non-hydrogen) atoms. The van der Waals surface area contributed by atoms with E-state index < -0.39 is 6.10 Å². The number of rotatable bonds is 5. The highest BCUT2D eigenvalue weighted by Gasteiger charge is 2.15. The van der Waals surface area contributed by atoms with E-state index in [2.05, 4.69) is 10.5 Å². The van der Waals surface area contributed by atoms with Crippen molar-refractivity contribution < 1.29 is 9.53 Å². The molecule has 0 spiro atoms. The molecule has 116 valence electrons. The molecule has 0 aliphatic carbocycles. The third kappa shape index (κ3) is 4.32. The summed E-state index contributed by atoms with van der Waals surface area (Å²) in [5, 5.41) is 6.69. The number of aryl methyl sites for hydroxylation is 1. The van der Waals surface area contributed by atoms with E-state index in [-0.39, 0.29) is 5.91 Å². The van der Waals surface area contributed by atoms with Gasteiger partial charge in [-0.1, -0.05) is 17.7 Å². The molecule has 0 saturated heterocycles. The lowest BCUT2D eigenvalue weighted by Crippen LogP contribution is -2.34. The fourth-order valence-electron chi connectivity index (χ4n) is 1.76. The molecule has 0 bridgehead atoms. The Morgan fingerprint density at radius 2 is 2.18 bits per heavy atom. The van der Waals surface area contributed by atoms with Crippen molar-refractivity contribution in [2.75, 3.05) is 0 Å². The molecule has 1 atom stereocenters. The summed E-state index contributed by atoms with van der Waals surface area (Å²) in [7, 11) is 0. The number of amides is 1. The standard InChI is InChI=1S/C16H17ClN2O2S/c1-10-9-13(17)6-7-14(10)21-12(3)16(20)19-18-11(2)15-5-4-8-22-15/h4-9,12H,1-3H3,(H,19,20)/t12-/m1/s1. The molecule has 1 N–H and O–H groups in total. The Kier molecular flexibility index (Phi) is 5.57. The molecule has 0 fully saturated rings. The second kappa shape index (κ2) is 7.42. The first-order valence-electron chi connectivity index (χ1n) is 6.78. The van der Waals surface area contributed by atoms with Gasteiger partial charge in [-0.2, -0.15) is 5.10 Å². The van der Waals surface area contributed by atoms with Crippen LogP contribution in [0.4, 0.5) is 0 Å². The SMILES string of the molecule is CC(=NNC(=O)[C@@H](C)Oc1ccc(Cl)cc1C)c1cccs1. The van der Waals surface area contributed by atoms with Gasteiger partial charge < -0.3 is 4.74 Å². The van der Waals surface area contributed by atoms with Crippen molar-refractivity contribution in [2.45, 2.75) is 26.9 Å². The molecule has 4 nitrogen and oxygen atoms in total. The van der Waals surface area contributed by atoms with Gasteiger partial charge in [-0.15, -0.1) is 11.3 Å². The maximum atomic E-state index is 12.0. The second-order valence-electron chi connectivity index (χ2n) is 4.82. The van der Waals surface area contributed by atoms with Crippen LogP contribution < -0.4 is 10.2 Å². The number of thiophene rings is 1. The Bertz CT molecular complexity index is 683. The number of hydrogen-bond donors (Lipinski definition) is 1. The average molecular weight is 337 g/mol. The summed E-state index contributed by atoms with van der Waals surface area (Å²) in [6.45, 7) is 5.41. The summed E-state index contributed by atoms with van der Waals surface area (Å²) in [5.74, 6) is 0.330. The molecule has 0 radical (unpaired) electrons. The van der Waals surface area contributed by atoms with Crippen molar-refractivity contribution in [3.05, 3.63) is 51.2 Å². The second-order valence-corrected chi connectivity index (χ2v) is 6.20. The average Bonchev–Trinajstić information content (AvgIpc) is 3.01. The van der Waals surface area contributed by atoms with E-state index in [1.165, 1.54) is 0 Å². The van der Waals surface area contributed by atoms with Crippen LogP contribution in [0.25, 0.3) is 0 Å². The van der Waals surface area contributed by atoms with Gasteiger partial charge in [0.15, 0.2) is 6.10 Å². The Labute approximate surface area is 138 Å². The van der Waals surface area contributed by atoms with Crippen molar-refractivity contribution in [1.82, 2.24) is 5.43 Å². The topological polar surface area (TPSA) is 50.7 Å². The number of carbonyl (C=O) groups excluding carboxylic acids is 1. The summed E-state index contributed by atoms with van der Waals surface area (Å²) in [6, 6.07) is 9.17. The first kappa shape index (κ1) is 16.5. The predicted octanol–water partition coefficient (Wildman–Crippen LogP) is 4.02. The smallest absolute Gasteiger partial charge is 0.280 e. The summed E-state index contributed by atoms with van der Waals surface area (Å²) < 4.78 is 5.65. The Balaban J connectivity index is 1.96. The highest BCUT2D eigenvalue weighted by Crippen LogP contribution is 2.22. The predicted molar refractivity (Wildman–Crippen MR) is 91.0 cm³/mol. The van der Waals surface area contributed by atoms with Gasteiger partial charge in [0.2, 0.25) is 0 Å². The molecular formula is C16H17ClN2O2S. The number of nitrogens with one attached hydrogen (secondary N) is 1. The van der Waals surface area contributed by atoms with Crippen molar-refractivity contribution in [1.29, 1.82) is 0 Å². The fourth-order valence-corrected chi connectivity index (χ4v) is 2.66. The van der Waals surface area contributed by atoms with Gasteiger partial charge in [-0.3, -0.25) is 4.79 Å². The van der Waals surface area contributed by atoms with Crippen LogP contribution in [0.1, 0.15) is 24.3 Å². The van der Waals surface area contributed by atoms with Crippen molar-refractivity contribution in [3.63, 3.8) is 0 Å². The van der Waals surface area contributed by atoms with Crippen LogP contribution in [0.2, 0.25) is 5.02 Å². The Hall–Kier alpha value is -1.85. The van der Waals surface area contributed by atoms with Crippen LogP contribution in [-0.2, 0) is 4.79 Å². The first-order chi connectivity index (χ1) is 10.5. The van der Waals surface area contributed by atoms with Crippen molar-refractivity contribution >= 4 is 34.6 Å². The number of hydrogen-bond acceptors (Lipinski definition) is 4. The lowest BCUT2D eigenvalue weighted by molar-refractivity contribution is -0.127. The van der Waals surface area contributed by atoms with E-state index in [9.17, 15) is 4.79 Å². The molecular weight excluding hydrogens is 320 g/mol. The number of hydrazone groups is 1. The van der Waals surface area contributed by atoms with Gasteiger partial charge >= 0.3 is 0 Å². The number of halogens is 1. The van der Waals surface area contributed by atoms with Crippen molar-refractivity contribution in [2.24, 2.45) is 5.10 Å². The minimum atomic E-state index is -0.653. The molecule has 0 unspecified atom stereocenters. The van der Waals surface area contributed by atoms with E-state index in [1.807, 2.05) is 31.4 Å². The summed E-state index contributed by atoms with van der Waals surface area (Å²) >= 11 is 7.47. The van der Waals surface area contributed by atoms with Crippen molar-refractivity contribution in [3.8, 4) is 5.75 Å². The zero-order valence-corrected chi connectivity index (χ0v) is 14.2. The monoisotopic (exact) mass is 336 g/mol. The molecule has 2 rings (SSSR count). The first-order valence-corrected chi connectivity index (χ1v) is 8.04. The molecule has 1 amide bonds. The molecule has 0 saturated carbocycles. The summed E-state index contributed by atoms with van der Waals surface area (Å²) in [6.07, 6.45) is -0.653. The van der Waals surface area contributed by atoms with Crippen LogP contribution >= 0.6 is 22.9 Å². The third-order valence-electron chi connectivity index (χ3n) is 3.02. The lowest BCUT2D eigenvalue weighted by Gasteiger charge is -2.15. The van der Waals surface area contributed by atoms with Gasteiger partial charge in [0, 0.05) is 9.90 Å². The molecule has 0 aliphatic rings. The van der Waals surface area contributed by atoms with Crippen LogP contribution in [0, 0.1) is 6.92 Å². The van der Waals surface area contributed by atoms with Gasteiger partial charge in [-0.25, -0.2) is 5.43 Å². The Morgan fingerprint density at radius 1 is 1.41 bits per heavy atom. The minimum Gasteiger partial charge on any atom is -0.481 e. The van der Waals surface area contributed by atoms with Gasteiger partial charge in [0.05, 0.1) is 5.71 Å². The van der Waals surface area contributed by atoms with Crippen LogP contribution in [0.5, 0.6) is 5.75 Å². The van der Waals surface area contributed by atoms with Crippen LogP contribution in [0.3, 0.4) is 0 Å². The lowest BCUT2D eigenvalue weighted by atomic mass is 10.2. The highest BCUT2D eigenvalue weighted by atomic mass is 35.5. The van der Waals surface area contributed by atoms with Gasteiger partial charge in [-0.05, 0) is 56.0 Å². The maximum absolute atomic E-state index is 12.0. The zero-order valence-electron chi connectivity index (χ0n) is 12.6. The van der Waals surface area contributed by atoms with E-state index in [4.69, 9.17) is 16.3 Å². The van der Waals surface area contributed by atoms with Crippen LogP contribution in [0.15, 0.2) is 40.8 Å². The van der Waals surface area contributed by atoms with Crippen LogP contribution in [-0.4, -0.2) is 17.7 Å². The number of benzene rings is 1. The third-order valence-corrected chi connectivity index (χ3v) is 4.24. The number of ether oxygens (including phenoxy) is 1. The largest absolute Gasteiger partial charge is 0.481 e. The minimum absolute atomic E-state index is 0.301. The molecule has 2 aromatic rings. The van der Waals surface area contributed by atoms with E-state index >= 15 is 0 Å². The number of carbonyl (C=O) groups is 1. The number of nitrogens with zero attached hydrogens (tertiary/aromatic N) is 1. The zero-order chi connectivity index (χ0) is 16.1. The normalized spacial score (nSPS) is 12.8.